The summed E-state index contributed by atoms with van der Waals surface area (Å²) in [6.07, 6.45) is 3.47. The second kappa shape index (κ2) is 6.67. The van der Waals surface area contributed by atoms with Crippen LogP contribution in [0.5, 0.6) is 0 Å². The zero-order valence-corrected chi connectivity index (χ0v) is 12.8. The summed E-state index contributed by atoms with van der Waals surface area (Å²) in [5.41, 5.74) is 3.58. The molecule has 3 rings (SSSR count). The molecule has 0 spiro atoms. The molecule has 0 unspecified atom stereocenters. The summed E-state index contributed by atoms with van der Waals surface area (Å²) in [4.78, 5) is 11.2. The van der Waals surface area contributed by atoms with Crippen molar-refractivity contribution in [1.29, 1.82) is 0 Å². The highest BCUT2D eigenvalue weighted by molar-refractivity contribution is 5.95. The number of fused-ring (bicyclic) bond motifs is 1. The molecule has 0 aliphatic rings. The lowest BCUT2D eigenvalue weighted by atomic mass is 10.1. The van der Waals surface area contributed by atoms with Crippen LogP contribution < -0.4 is 0 Å². The van der Waals surface area contributed by atoms with E-state index in [4.69, 9.17) is 5.11 Å². The molecule has 3 aromatic rings. The van der Waals surface area contributed by atoms with E-state index in [-0.39, 0.29) is 6.61 Å². The first kappa shape index (κ1) is 15.3. The number of aromatic carboxylic acids is 1. The van der Waals surface area contributed by atoms with Gasteiger partial charge in [0.05, 0.1) is 5.56 Å². The first-order valence-corrected chi connectivity index (χ1v) is 7.69. The Labute approximate surface area is 134 Å². The minimum absolute atomic E-state index is 0.129. The largest absolute Gasteiger partial charge is 0.478 e. The fourth-order valence-corrected chi connectivity index (χ4v) is 2.88. The third kappa shape index (κ3) is 3.27. The molecule has 1 heterocycles. The fourth-order valence-electron chi connectivity index (χ4n) is 2.88. The Hall–Kier alpha value is -2.59. The van der Waals surface area contributed by atoms with Crippen molar-refractivity contribution in [3.05, 3.63) is 71.4 Å². The summed E-state index contributed by atoms with van der Waals surface area (Å²) >= 11 is 0. The lowest BCUT2D eigenvalue weighted by Crippen LogP contribution is -1.99. The molecule has 0 fully saturated rings. The standard InChI is InChI=1S/C19H19NO3/c21-10-4-7-16-13-20(12-14-5-2-1-3-6-14)18-9-8-15(19(22)23)11-17(16)18/h1-3,5-6,8-9,11,13,21H,4,7,10,12H2,(H,22,23). The van der Waals surface area contributed by atoms with Gasteiger partial charge in [-0.2, -0.15) is 0 Å². The van der Waals surface area contributed by atoms with Crippen LogP contribution in [-0.2, 0) is 13.0 Å². The monoisotopic (exact) mass is 309 g/mol. The maximum atomic E-state index is 11.2. The predicted molar refractivity (Wildman–Crippen MR) is 89.8 cm³/mol. The van der Waals surface area contributed by atoms with E-state index in [1.54, 1.807) is 12.1 Å². The van der Waals surface area contributed by atoms with E-state index in [1.807, 2.05) is 24.3 Å². The van der Waals surface area contributed by atoms with E-state index in [9.17, 15) is 9.90 Å². The minimum Gasteiger partial charge on any atom is -0.478 e. The molecular weight excluding hydrogens is 290 g/mol. The van der Waals surface area contributed by atoms with E-state index < -0.39 is 5.97 Å². The molecule has 0 saturated carbocycles. The van der Waals surface area contributed by atoms with Crippen LogP contribution in [0.2, 0.25) is 0 Å². The lowest BCUT2D eigenvalue weighted by molar-refractivity contribution is 0.0697. The van der Waals surface area contributed by atoms with Gasteiger partial charge in [-0.15, -0.1) is 0 Å². The molecule has 0 radical (unpaired) electrons. The average Bonchev–Trinajstić information content (AvgIpc) is 2.91. The summed E-state index contributed by atoms with van der Waals surface area (Å²) in [5.74, 6) is -0.921. The number of carboxylic acid groups (broad SMARTS) is 1. The zero-order chi connectivity index (χ0) is 16.2. The van der Waals surface area contributed by atoms with E-state index in [2.05, 4.69) is 22.9 Å². The zero-order valence-electron chi connectivity index (χ0n) is 12.8. The van der Waals surface area contributed by atoms with Gasteiger partial charge in [-0.05, 0) is 42.2 Å². The molecule has 0 bridgehead atoms. The molecule has 2 aromatic carbocycles. The van der Waals surface area contributed by atoms with Gasteiger partial charge in [-0.3, -0.25) is 0 Å². The number of aliphatic hydroxyl groups excluding tert-OH is 1. The highest BCUT2D eigenvalue weighted by atomic mass is 16.4. The van der Waals surface area contributed by atoms with Gasteiger partial charge in [-0.25, -0.2) is 4.79 Å². The van der Waals surface area contributed by atoms with Crippen LogP contribution in [0, 0.1) is 0 Å². The van der Waals surface area contributed by atoms with Crippen molar-refractivity contribution in [3.8, 4) is 0 Å². The molecule has 0 atom stereocenters. The van der Waals surface area contributed by atoms with Crippen LogP contribution >= 0.6 is 0 Å². The van der Waals surface area contributed by atoms with Crippen molar-refractivity contribution in [1.82, 2.24) is 4.57 Å². The lowest BCUT2D eigenvalue weighted by Gasteiger charge is -2.05. The Morgan fingerprint density at radius 1 is 1.09 bits per heavy atom. The molecule has 0 aliphatic carbocycles. The first-order chi connectivity index (χ1) is 11.2. The Kier molecular flexibility index (Phi) is 4.44. The number of aromatic nitrogens is 1. The average molecular weight is 309 g/mol. The molecule has 0 aliphatic heterocycles. The number of aryl methyl sites for hydroxylation is 1. The van der Waals surface area contributed by atoms with E-state index in [0.717, 1.165) is 29.4 Å². The predicted octanol–water partition coefficient (Wildman–Crippen LogP) is 3.31. The molecule has 4 heteroatoms. The molecule has 2 N–H and O–H groups in total. The van der Waals surface area contributed by atoms with Gasteiger partial charge >= 0.3 is 5.97 Å². The number of nitrogens with zero attached hydrogens (tertiary/aromatic N) is 1. The number of rotatable bonds is 6. The minimum atomic E-state index is -0.921. The number of hydrogen-bond acceptors (Lipinski definition) is 2. The quantitative estimate of drug-likeness (QED) is 0.734. The normalized spacial score (nSPS) is 11.0. The van der Waals surface area contributed by atoms with Crippen molar-refractivity contribution in [2.75, 3.05) is 6.61 Å². The Morgan fingerprint density at radius 2 is 1.87 bits per heavy atom. The van der Waals surface area contributed by atoms with E-state index in [1.165, 1.54) is 5.56 Å². The maximum absolute atomic E-state index is 11.2. The molecular formula is C19H19NO3. The summed E-state index contributed by atoms with van der Waals surface area (Å²) in [5, 5.41) is 19.2. The van der Waals surface area contributed by atoms with Gasteiger partial charge in [0.1, 0.15) is 0 Å². The molecule has 0 saturated heterocycles. The van der Waals surface area contributed by atoms with Gasteiger partial charge < -0.3 is 14.8 Å². The topological polar surface area (TPSA) is 62.5 Å². The van der Waals surface area contributed by atoms with Crippen molar-refractivity contribution >= 4 is 16.9 Å². The van der Waals surface area contributed by atoms with Gasteiger partial charge in [0.15, 0.2) is 0 Å². The number of carboxylic acids is 1. The van der Waals surface area contributed by atoms with E-state index in [0.29, 0.717) is 12.0 Å². The van der Waals surface area contributed by atoms with E-state index >= 15 is 0 Å². The van der Waals surface area contributed by atoms with Gasteiger partial charge in [0.25, 0.3) is 0 Å². The van der Waals surface area contributed by atoms with Crippen LogP contribution in [0.3, 0.4) is 0 Å². The summed E-state index contributed by atoms with van der Waals surface area (Å²) in [7, 11) is 0. The van der Waals surface area contributed by atoms with Crippen LogP contribution in [0.15, 0.2) is 54.7 Å². The summed E-state index contributed by atoms with van der Waals surface area (Å²) < 4.78 is 2.14. The molecule has 118 valence electrons. The van der Waals surface area contributed by atoms with Crippen LogP contribution in [-0.4, -0.2) is 27.4 Å². The molecule has 1 aromatic heterocycles. The molecule has 0 amide bonds. The van der Waals surface area contributed by atoms with Crippen molar-refractivity contribution < 1.29 is 15.0 Å². The Balaban J connectivity index is 2.05. The van der Waals surface area contributed by atoms with Crippen LogP contribution in [0.25, 0.3) is 10.9 Å². The number of hydrogen-bond donors (Lipinski definition) is 2. The highest BCUT2D eigenvalue weighted by Gasteiger charge is 2.12. The maximum Gasteiger partial charge on any atom is 0.335 e. The third-order valence-corrected chi connectivity index (χ3v) is 4.01. The third-order valence-electron chi connectivity index (χ3n) is 4.01. The van der Waals surface area contributed by atoms with Crippen LogP contribution in [0.4, 0.5) is 0 Å². The Morgan fingerprint density at radius 3 is 2.57 bits per heavy atom. The first-order valence-electron chi connectivity index (χ1n) is 7.69. The summed E-state index contributed by atoms with van der Waals surface area (Å²) in [6, 6.07) is 15.4. The number of benzene rings is 2. The van der Waals surface area contributed by atoms with Gasteiger partial charge in [-0.1, -0.05) is 30.3 Å². The van der Waals surface area contributed by atoms with Crippen LogP contribution in [0.1, 0.15) is 27.9 Å². The highest BCUT2D eigenvalue weighted by Crippen LogP contribution is 2.25. The second-order valence-electron chi connectivity index (χ2n) is 5.63. The van der Waals surface area contributed by atoms with Crippen molar-refractivity contribution in [2.24, 2.45) is 0 Å². The smallest absolute Gasteiger partial charge is 0.335 e. The second-order valence-corrected chi connectivity index (χ2v) is 5.63. The Bertz CT molecular complexity index is 821. The van der Waals surface area contributed by atoms with Gasteiger partial charge in [0, 0.05) is 30.3 Å². The molecule has 23 heavy (non-hydrogen) atoms. The molecule has 4 nitrogen and oxygen atoms in total. The van der Waals surface area contributed by atoms with Crippen molar-refractivity contribution in [2.45, 2.75) is 19.4 Å². The number of aliphatic hydroxyl groups is 1. The number of carbonyl (C=O) groups is 1. The van der Waals surface area contributed by atoms with Gasteiger partial charge in [0.2, 0.25) is 0 Å². The summed E-state index contributed by atoms with van der Waals surface area (Å²) in [6.45, 7) is 0.868. The SMILES string of the molecule is O=C(O)c1ccc2c(c1)c(CCCO)cn2Cc1ccccc1. The fraction of sp³-hybridized carbons (Fsp3) is 0.211. The van der Waals surface area contributed by atoms with Crippen molar-refractivity contribution in [3.63, 3.8) is 0 Å².